The highest BCUT2D eigenvalue weighted by Crippen LogP contribution is 2.38. The van der Waals surface area contributed by atoms with Gasteiger partial charge in [0.25, 0.3) is 0 Å². The molecule has 1 heterocycles. The summed E-state index contributed by atoms with van der Waals surface area (Å²) in [7, 11) is 0. The molecule has 0 fully saturated rings. The molecule has 0 saturated heterocycles. The number of aliphatic hydroxyl groups is 1. The van der Waals surface area contributed by atoms with Crippen molar-refractivity contribution in [2.75, 3.05) is 6.54 Å². The molecule has 0 aliphatic heterocycles. The van der Waals surface area contributed by atoms with E-state index < -0.39 is 18.3 Å². The maximum atomic E-state index is 13.5. The van der Waals surface area contributed by atoms with Crippen LogP contribution >= 0.6 is 0 Å². The molecule has 1 aliphatic rings. The van der Waals surface area contributed by atoms with Gasteiger partial charge in [-0.2, -0.15) is 13.2 Å². The van der Waals surface area contributed by atoms with Crippen LogP contribution in [0, 0.1) is 0 Å². The van der Waals surface area contributed by atoms with Crippen LogP contribution in [0.2, 0.25) is 0 Å². The number of nitrogens with zero attached hydrogens (tertiary/aromatic N) is 1. The summed E-state index contributed by atoms with van der Waals surface area (Å²) < 4.78 is 40.6. The minimum absolute atomic E-state index is 0.0909. The average Bonchev–Trinajstić information content (AvgIpc) is 2.82. The predicted octanol–water partition coefficient (Wildman–Crippen LogP) is 3.37. The van der Waals surface area contributed by atoms with Gasteiger partial charge in [-0.15, -0.1) is 0 Å². The maximum absolute atomic E-state index is 13.5. The molecule has 2 N–H and O–H groups in total. The summed E-state index contributed by atoms with van der Waals surface area (Å²) >= 11 is 0. The van der Waals surface area contributed by atoms with Gasteiger partial charge < -0.3 is 10.4 Å². The van der Waals surface area contributed by atoms with E-state index in [-0.39, 0.29) is 11.6 Å². The van der Waals surface area contributed by atoms with Crippen LogP contribution in [-0.4, -0.2) is 28.9 Å². The van der Waals surface area contributed by atoms with Gasteiger partial charge >= 0.3 is 6.18 Å². The second-order valence-corrected chi connectivity index (χ2v) is 6.49. The molecule has 134 valence electrons. The Hall–Kier alpha value is -1.92. The molecule has 2 atom stereocenters. The first-order chi connectivity index (χ1) is 11.9. The minimum atomic E-state index is -4.75. The molecule has 0 spiro atoms. The molecular formula is C19H21F3N2O. The number of benzene rings is 1. The molecule has 0 saturated carbocycles. The number of aryl methyl sites for hydroxylation is 2. The fourth-order valence-corrected chi connectivity index (χ4v) is 3.29. The Kier molecular flexibility index (Phi) is 5.11. The molecule has 0 bridgehead atoms. The summed E-state index contributed by atoms with van der Waals surface area (Å²) in [4.78, 5) is 4.35. The van der Waals surface area contributed by atoms with Crippen molar-refractivity contribution in [2.45, 2.75) is 43.5 Å². The maximum Gasteiger partial charge on any atom is 0.422 e. The molecule has 3 rings (SSSR count). The Labute approximate surface area is 144 Å². The monoisotopic (exact) mass is 350 g/mol. The predicted molar refractivity (Wildman–Crippen MR) is 89.1 cm³/mol. The van der Waals surface area contributed by atoms with Crippen molar-refractivity contribution in [3.8, 4) is 0 Å². The van der Waals surface area contributed by atoms with Crippen molar-refractivity contribution in [1.82, 2.24) is 10.3 Å². The molecule has 6 heteroatoms. The van der Waals surface area contributed by atoms with Crippen LogP contribution in [0.1, 0.15) is 29.7 Å². The van der Waals surface area contributed by atoms with Gasteiger partial charge in [-0.3, -0.25) is 4.98 Å². The van der Waals surface area contributed by atoms with Crippen LogP contribution < -0.4 is 5.32 Å². The molecule has 3 nitrogen and oxygen atoms in total. The number of rotatable bonds is 4. The second-order valence-electron chi connectivity index (χ2n) is 6.49. The Balaban J connectivity index is 1.70. The molecule has 2 aromatic rings. The third kappa shape index (κ3) is 3.85. The number of pyridine rings is 1. The van der Waals surface area contributed by atoms with Crippen molar-refractivity contribution in [2.24, 2.45) is 0 Å². The van der Waals surface area contributed by atoms with E-state index in [0.29, 0.717) is 6.42 Å². The standard InChI is InChI=1S/C19H21F3N2O/c20-19(21,22)18(25,15-6-2-1-3-7-15)13-24-16-9-8-14-5-4-12-23-17(14)11-10-16/h1-7,12,16,24-25H,8-11,13H2. The molecule has 0 radical (unpaired) electrons. The number of hydrogen-bond acceptors (Lipinski definition) is 3. The van der Waals surface area contributed by atoms with Crippen molar-refractivity contribution >= 4 is 0 Å². The van der Waals surface area contributed by atoms with E-state index in [4.69, 9.17) is 0 Å². The third-order valence-electron chi connectivity index (χ3n) is 4.84. The van der Waals surface area contributed by atoms with Crippen molar-refractivity contribution in [3.05, 3.63) is 65.5 Å². The van der Waals surface area contributed by atoms with Gasteiger partial charge in [0.2, 0.25) is 0 Å². The Morgan fingerprint density at radius 2 is 1.76 bits per heavy atom. The quantitative estimate of drug-likeness (QED) is 0.831. The lowest BCUT2D eigenvalue weighted by Gasteiger charge is -2.33. The number of fused-ring (bicyclic) bond motifs is 1. The molecule has 1 aromatic carbocycles. The summed E-state index contributed by atoms with van der Waals surface area (Å²) in [5.74, 6) is 0. The molecule has 0 amide bonds. The van der Waals surface area contributed by atoms with Crippen LogP contribution in [0.25, 0.3) is 0 Å². The van der Waals surface area contributed by atoms with E-state index in [1.807, 2.05) is 12.1 Å². The summed E-state index contributed by atoms with van der Waals surface area (Å²) in [5, 5.41) is 13.3. The van der Waals surface area contributed by atoms with Gasteiger partial charge in [0.1, 0.15) is 0 Å². The van der Waals surface area contributed by atoms with E-state index in [0.717, 1.165) is 30.5 Å². The van der Waals surface area contributed by atoms with Gasteiger partial charge in [0.15, 0.2) is 5.60 Å². The van der Waals surface area contributed by atoms with E-state index >= 15 is 0 Å². The molecule has 2 unspecified atom stereocenters. The lowest BCUT2D eigenvalue weighted by Crippen LogP contribution is -2.51. The zero-order chi connectivity index (χ0) is 17.9. The van der Waals surface area contributed by atoms with E-state index in [1.165, 1.54) is 24.3 Å². The van der Waals surface area contributed by atoms with Crippen LogP contribution in [0.5, 0.6) is 0 Å². The summed E-state index contributed by atoms with van der Waals surface area (Å²) in [5.41, 5.74) is -0.874. The summed E-state index contributed by atoms with van der Waals surface area (Å²) in [6.07, 6.45) is -0.0879. The van der Waals surface area contributed by atoms with E-state index in [1.54, 1.807) is 12.3 Å². The first-order valence-electron chi connectivity index (χ1n) is 8.41. The van der Waals surface area contributed by atoms with Gasteiger partial charge in [0.05, 0.1) is 0 Å². The van der Waals surface area contributed by atoms with Gasteiger partial charge in [-0.05, 0) is 42.9 Å². The number of alkyl halides is 3. The minimum Gasteiger partial charge on any atom is -0.375 e. The Morgan fingerprint density at radius 1 is 1.04 bits per heavy atom. The zero-order valence-electron chi connectivity index (χ0n) is 13.8. The van der Waals surface area contributed by atoms with Crippen molar-refractivity contribution in [1.29, 1.82) is 0 Å². The highest BCUT2D eigenvalue weighted by Gasteiger charge is 2.54. The lowest BCUT2D eigenvalue weighted by atomic mass is 9.92. The first kappa shape index (κ1) is 17.9. The van der Waals surface area contributed by atoms with Crippen molar-refractivity contribution < 1.29 is 18.3 Å². The fraction of sp³-hybridized carbons (Fsp3) is 0.421. The van der Waals surface area contributed by atoms with Crippen molar-refractivity contribution in [3.63, 3.8) is 0 Å². The highest BCUT2D eigenvalue weighted by atomic mass is 19.4. The number of halogens is 3. The van der Waals surface area contributed by atoms with Gasteiger partial charge in [-0.25, -0.2) is 0 Å². The topological polar surface area (TPSA) is 45.1 Å². The third-order valence-corrected chi connectivity index (χ3v) is 4.84. The fourth-order valence-electron chi connectivity index (χ4n) is 3.29. The van der Waals surface area contributed by atoms with Crippen LogP contribution in [0.15, 0.2) is 48.7 Å². The highest BCUT2D eigenvalue weighted by molar-refractivity contribution is 5.25. The van der Waals surface area contributed by atoms with Gasteiger partial charge in [0, 0.05) is 24.5 Å². The molecule has 1 aromatic heterocycles. The number of nitrogens with one attached hydrogen (secondary N) is 1. The second kappa shape index (κ2) is 7.14. The smallest absolute Gasteiger partial charge is 0.375 e. The SMILES string of the molecule is OC(CNC1CCc2cccnc2CC1)(c1ccccc1)C(F)(F)F. The molecule has 25 heavy (non-hydrogen) atoms. The summed E-state index contributed by atoms with van der Waals surface area (Å²) in [6, 6.07) is 11.0. The molecular weight excluding hydrogens is 329 g/mol. The van der Waals surface area contributed by atoms with E-state index in [9.17, 15) is 18.3 Å². The van der Waals surface area contributed by atoms with Crippen LogP contribution in [0.4, 0.5) is 13.2 Å². The summed E-state index contributed by atoms with van der Waals surface area (Å²) in [6.45, 7) is -0.561. The number of aromatic nitrogens is 1. The Morgan fingerprint density at radius 3 is 2.48 bits per heavy atom. The normalized spacial score (nSPS) is 20.4. The van der Waals surface area contributed by atoms with Crippen LogP contribution in [-0.2, 0) is 18.4 Å². The van der Waals surface area contributed by atoms with Crippen LogP contribution in [0.3, 0.4) is 0 Å². The molecule has 1 aliphatic carbocycles. The largest absolute Gasteiger partial charge is 0.422 e. The Bertz CT molecular complexity index is 678. The average molecular weight is 350 g/mol. The first-order valence-corrected chi connectivity index (χ1v) is 8.41. The lowest BCUT2D eigenvalue weighted by molar-refractivity contribution is -0.264. The van der Waals surface area contributed by atoms with E-state index in [2.05, 4.69) is 10.3 Å². The van der Waals surface area contributed by atoms with Gasteiger partial charge in [-0.1, -0.05) is 36.4 Å². The zero-order valence-corrected chi connectivity index (χ0v) is 13.8. The number of hydrogen-bond donors (Lipinski definition) is 2.